The lowest BCUT2D eigenvalue weighted by Gasteiger charge is -2.38. The molecule has 1 aromatic heterocycles. The molecule has 1 aromatic carbocycles. The first-order chi connectivity index (χ1) is 18.4. The van der Waals surface area contributed by atoms with Crippen molar-refractivity contribution in [3.05, 3.63) is 47.2 Å². The predicted octanol–water partition coefficient (Wildman–Crippen LogP) is 2.09. The van der Waals surface area contributed by atoms with Gasteiger partial charge < -0.3 is 35.5 Å². The maximum Gasteiger partial charge on any atom is 0.318 e. The van der Waals surface area contributed by atoms with E-state index in [1.807, 2.05) is 17.0 Å². The topological polar surface area (TPSA) is 115 Å². The van der Waals surface area contributed by atoms with Crippen LogP contribution >= 0.6 is 0 Å². The number of nitrogens with two attached hydrogens (primary N) is 1. The molecule has 0 bridgehead atoms. The van der Waals surface area contributed by atoms with Gasteiger partial charge in [0.1, 0.15) is 5.82 Å². The van der Waals surface area contributed by atoms with Gasteiger partial charge in [0, 0.05) is 68.2 Å². The molecule has 3 N–H and O–H groups in total. The zero-order valence-electron chi connectivity index (χ0n) is 22.4. The molecule has 10 heteroatoms. The van der Waals surface area contributed by atoms with E-state index in [1.54, 1.807) is 0 Å². The maximum atomic E-state index is 12.1. The van der Waals surface area contributed by atoms with E-state index in [1.165, 1.54) is 12.3 Å². The molecule has 0 radical (unpaired) electrons. The molecule has 10 nitrogen and oxygen atoms in total. The second-order valence-electron chi connectivity index (χ2n) is 10.5. The monoisotopic (exact) mass is 518 g/mol. The number of piperazine rings is 1. The Labute approximate surface area is 224 Å². The molecular weight excluding hydrogens is 480 g/mol. The number of fused-ring (bicyclic) bond motifs is 1. The molecule has 38 heavy (non-hydrogen) atoms. The van der Waals surface area contributed by atoms with Gasteiger partial charge in [-0.05, 0) is 51.1 Å². The van der Waals surface area contributed by atoms with Crippen molar-refractivity contribution in [3.63, 3.8) is 0 Å². The molecule has 0 spiro atoms. The van der Waals surface area contributed by atoms with E-state index in [2.05, 4.69) is 35.3 Å². The average molecular weight is 519 g/mol. The van der Waals surface area contributed by atoms with Crippen LogP contribution in [0.1, 0.15) is 28.8 Å². The maximum absolute atomic E-state index is 12.1. The van der Waals surface area contributed by atoms with E-state index in [4.69, 9.17) is 25.8 Å². The normalized spacial score (nSPS) is 19.8. The molecule has 2 saturated heterocycles. The minimum Gasteiger partial charge on any atom is -0.463 e. The van der Waals surface area contributed by atoms with Crippen molar-refractivity contribution in [2.24, 2.45) is 5.92 Å². The van der Waals surface area contributed by atoms with E-state index >= 15 is 0 Å². The molecule has 2 fully saturated rings. The number of carbonyl (C=O) groups is 1. The number of aryl methyl sites for hydroxylation is 1. The van der Waals surface area contributed by atoms with Gasteiger partial charge in [-0.25, -0.2) is 0 Å². The zero-order valence-corrected chi connectivity index (χ0v) is 22.4. The fourth-order valence-corrected chi connectivity index (χ4v) is 5.83. The van der Waals surface area contributed by atoms with Crippen LogP contribution in [0.4, 0.5) is 17.2 Å². The lowest BCUT2D eigenvalue weighted by Crippen LogP contribution is -2.49. The molecule has 202 valence electrons. The molecule has 4 heterocycles. The highest BCUT2D eigenvalue weighted by Gasteiger charge is 2.30. The van der Waals surface area contributed by atoms with Crippen LogP contribution in [0.15, 0.2) is 24.8 Å². The third-order valence-corrected chi connectivity index (χ3v) is 7.94. The average Bonchev–Trinajstić information content (AvgIpc) is 3.36. The number of hydrogen-bond acceptors (Lipinski definition) is 9. The second-order valence-corrected chi connectivity index (χ2v) is 10.5. The van der Waals surface area contributed by atoms with Gasteiger partial charge in [0.15, 0.2) is 0 Å². The Morgan fingerprint density at radius 1 is 1.18 bits per heavy atom. The first-order valence-electron chi connectivity index (χ1n) is 13.4. The number of amides is 1. The van der Waals surface area contributed by atoms with Crippen LogP contribution in [0.5, 0.6) is 6.01 Å². The summed E-state index contributed by atoms with van der Waals surface area (Å²) in [5, 5.41) is 7.98. The first kappa shape index (κ1) is 26.0. The summed E-state index contributed by atoms with van der Waals surface area (Å²) in [5.74, 6) is 1.35. The van der Waals surface area contributed by atoms with Crippen LogP contribution in [-0.2, 0) is 17.8 Å². The summed E-state index contributed by atoms with van der Waals surface area (Å²) in [6.07, 6.45) is 4.61. The van der Waals surface area contributed by atoms with Crippen molar-refractivity contribution in [2.45, 2.75) is 26.3 Å². The van der Waals surface area contributed by atoms with Crippen molar-refractivity contribution < 1.29 is 9.53 Å². The summed E-state index contributed by atoms with van der Waals surface area (Å²) in [7, 11) is 2.14. The highest BCUT2D eigenvalue weighted by Crippen LogP contribution is 2.35. The summed E-state index contributed by atoms with van der Waals surface area (Å²) in [6.45, 7) is 12.4. The molecule has 2 aromatic rings. The highest BCUT2D eigenvalue weighted by atomic mass is 16.5. The van der Waals surface area contributed by atoms with Gasteiger partial charge >= 0.3 is 6.01 Å². The fraction of sp³-hybridized carbons (Fsp3) is 0.500. The van der Waals surface area contributed by atoms with Gasteiger partial charge in [0.05, 0.1) is 24.5 Å². The van der Waals surface area contributed by atoms with Gasteiger partial charge in [-0.2, -0.15) is 9.97 Å². The van der Waals surface area contributed by atoms with Crippen molar-refractivity contribution in [2.75, 3.05) is 75.0 Å². The van der Waals surface area contributed by atoms with Crippen LogP contribution in [0.3, 0.4) is 0 Å². The van der Waals surface area contributed by atoms with Crippen LogP contribution < -0.4 is 20.3 Å². The Hall–Kier alpha value is -3.66. The molecule has 5 rings (SSSR count). The molecule has 0 aliphatic carbocycles. The Bertz CT molecular complexity index is 1220. The second kappa shape index (κ2) is 11.0. The Kier molecular flexibility index (Phi) is 7.51. The van der Waals surface area contributed by atoms with Gasteiger partial charge in [-0.15, -0.1) is 0 Å². The van der Waals surface area contributed by atoms with Crippen molar-refractivity contribution in [1.29, 1.82) is 5.41 Å². The van der Waals surface area contributed by atoms with Crippen LogP contribution in [0.25, 0.3) is 0 Å². The summed E-state index contributed by atoms with van der Waals surface area (Å²) in [5.41, 5.74) is 11.7. The van der Waals surface area contributed by atoms with Gasteiger partial charge in [0.25, 0.3) is 0 Å². The van der Waals surface area contributed by atoms with Gasteiger partial charge in [-0.1, -0.05) is 12.6 Å². The number of nitrogens with one attached hydrogen (secondary N) is 1. The zero-order chi connectivity index (χ0) is 26.8. The third-order valence-electron chi connectivity index (χ3n) is 7.94. The number of nitrogen functional groups attached to an aromatic ring is 1. The summed E-state index contributed by atoms with van der Waals surface area (Å²) >= 11 is 0. The molecule has 3 aliphatic heterocycles. The van der Waals surface area contributed by atoms with E-state index < -0.39 is 0 Å². The van der Waals surface area contributed by atoms with E-state index in [-0.39, 0.29) is 5.91 Å². The largest absolute Gasteiger partial charge is 0.463 e. The Balaban J connectivity index is 1.44. The molecular formula is C28H38N8O2. The van der Waals surface area contributed by atoms with Crippen molar-refractivity contribution >= 4 is 29.3 Å². The van der Waals surface area contributed by atoms with Crippen molar-refractivity contribution in [1.82, 2.24) is 19.8 Å². The number of nitrogens with zero attached hydrogens (tertiary/aromatic N) is 6. The molecule has 0 saturated carbocycles. The Morgan fingerprint density at radius 2 is 1.97 bits per heavy atom. The standard InChI is InChI=1S/C28H38N8O2/c1-4-25(37)34-11-13-35(14-12-34)27-21-8-10-36(26-19(2)5-6-23(30)22(26)15-29)17-24(21)31-28(32-27)38-18-20-7-9-33(3)16-20/h4-6,15,20,29H,1,7-14,16-18,30H2,2-3H3. The SMILES string of the molecule is C=CC(=O)N1CCN(c2nc(OCC3CCN(C)C3)nc3c2CCN(c2c(C)ccc(N)c2C=N)C3)CC1. The number of rotatable bonds is 7. The van der Waals surface area contributed by atoms with Crippen LogP contribution in [0, 0.1) is 18.3 Å². The van der Waals surface area contributed by atoms with Crippen molar-refractivity contribution in [3.8, 4) is 6.01 Å². The van der Waals surface area contributed by atoms with E-state index in [0.29, 0.717) is 56.9 Å². The lowest BCUT2D eigenvalue weighted by molar-refractivity contribution is -0.126. The van der Waals surface area contributed by atoms with E-state index in [0.717, 1.165) is 66.4 Å². The van der Waals surface area contributed by atoms with Gasteiger partial charge in [0.2, 0.25) is 5.91 Å². The lowest BCUT2D eigenvalue weighted by atomic mass is 10.00. The van der Waals surface area contributed by atoms with Crippen LogP contribution in [0.2, 0.25) is 0 Å². The number of anilines is 3. The molecule has 1 amide bonds. The third kappa shape index (κ3) is 5.18. The van der Waals surface area contributed by atoms with Crippen LogP contribution in [-0.4, -0.2) is 91.4 Å². The number of benzene rings is 1. The molecule has 1 unspecified atom stereocenters. The highest BCUT2D eigenvalue weighted by molar-refractivity contribution is 5.94. The number of hydrogen-bond donors (Lipinski definition) is 2. The first-order valence-corrected chi connectivity index (χ1v) is 13.4. The minimum atomic E-state index is -0.0323. The van der Waals surface area contributed by atoms with E-state index in [9.17, 15) is 4.79 Å². The number of aromatic nitrogens is 2. The summed E-state index contributed by atoms with van der Waals surface area (Å²) < 4.78 is 6.21. The fourth-order valence-electron chi connectivity index (χ4n) is 5.83. The quantitative estimate of drug-likeness (QED) is 0.325. The van der Waals surface area contributed by atoms with Gasteiger partial charge in [-0.3, -0.25) is 4.79 Å². The Morgan fingerprint density at radius 3 is 2.66 bits per heavy atom. The number of likely N-dealkylation sites (tertiary alicyclic amines) is 1. The predicted molar refractivity (Wildman–Crippen MR) is 150 cm³/mol. The minimum absolute atomic E-state index is 0.0323. The molecule has 3 aliphatic rings. The molecule has 1 atom stereocenters. The summed E-state index contributed by atoms with van der Waals surface area (Å²) in [6, 6.07) is 4.28. The number of carbonyl (C=O) groups excluding carboxylic acids is 1. The smallest absolute Gasteiger partial charge is 0.318 e. The summed E-state index contributed by atoms with van der Waals surface area (Å²) in [4.78, 5) is 30.6. The number of ether oxygens (including phenoxy) is 1.